The van der Waals surface area contributed by atoms with Gasteiger partial charge in [0.25, 0.3) is 5.69 Å². The molecule has 0 amide bonds. The molecule has 0 unspecified atom stereocenters. The zero-order valence-corrected chi connectivity index (χ0v) is 19.5. The molecular formula is C23H31NO8. The molecule has 9 nitrogen and oxygen atoms in total. The Labute approximate surface area is 187 Å². The van der Waals surface area contributed by atoms with Crippen LogP contribution in [0.3, 0.4) is 0 Å². The van der Waals surface area contributed by atoms with Gasteiger partial charge in [-0.25, -0.2) is 0 Å². The topological polar surface area (TPSA) is 133 Å². The first-order valence-corrected chi connectivity index (χ1v) is 10.4. The molecule has 0 saturated heterocycles. The Balaban J connectivity index is 2.66. The van der Waals surface area contributed by atoms with Crippen LogP contribution >= 0.6 is 0 Å². The first-order chi connectivity index (χ1) is 14.4. The number of carbonyl (C=O) groups excluding carboxylic acids is 3. The molecule has 9 heteroatoms. The van der Waals surface area contributed by atoms with Crippen molar-refractivity contribution in [2.24, 2.45) is 11.8 Å². The third-order valence-corrected chi connectivity index (χ3v) is 5.08. The van der Waals surface area contributed by atoms with Crippen LogP contribution in [0.2, 0.25) is 0 Å². The van der Waals surface area contributed by atoms with Gasteiger partial charge in [0.1, 0.15) is 17.1 Å². The predicted octanol–water partition coefficient (Wildman–Crippen LogP) is 3.32. The summed E-state index contributed by atoms with van der Waals surface area (Å²) in [5.74, 6) is -5.96. The molecule has 0 heterocycles. The van der Waals surface area contributed by atoms with Crippen LogP contribution in [-0.4, -0.2) is 44.6 Å². The summed E-state index contributed by atoms with van der Waals surface area (Å²) in [6.45, 7) is 11.3. The molecule has 0 radical (unpaired) electrons. The first kappa shape index (κ1) is 25.5. The molecule has 4 atom stereocenters. The van der Waals surface area contributed by atoms with Gasteiger partial charge in [0.15, 0.2) is 5.78 Å². The van der Waals surface area contributed by atoms with E-state index >= 15 is 0 Å². The van der Waals surface area contributed by atoms with E-state index in [1.807, 2.05) is 0 Å². The van der Waals surface area contributed by atoms with E-state index in [4.69, 9.17) is 9.47 Å². The number of nitro groups is 1. The first-order valence-electron chi connectivity index (χ1n) is 10.4. The molecule has 32 heavy (non-hydrogen) atoms. The highest BCUT2D eigenvalue weighted by molar-refractivity contribution is 6.03. The van der Waals surface area contributed by atoms with Gasteiger partial charge in [-0.3, -0.25) is 24.5 Å². The Hall–Kier alpha value is -2.81. The Kier molecular flexibility index (Phi) is 6.85. The smallest absolute Gasteiger partial charge is 0.317 e. The van der Waals surface area contributed by atoms with Crippen LogP contribution in [0, 0.1) is 22.0 Å². The fraction of sp³-hybridized carbons (Fsp3) is 0.609. The summed E-state index contributed by atoms with van der Waals surface area (Å²) in [4.78, 5) is 49.8. The number of nitro benzene ring substituents is 1. The van der Waals surface area contributed by atoms with E-state index in [-0.39, 0.29) is 5.69 Å². The number of hydrogen-bond acceptors (Lipinski definition) is 8. The largest absolute Gasteiger partial charge is 0.460 e. The van der Waals surface area contributed by atoms with E-state index in [1.54, 1.807) is 41.5 Å². The lowest BCUT2D eigenvalue weighted by Gasteiger charge is -2.44. The monoisotopic (exact) mass is 449 g/mol. The number of aliphatic hydroxyl groups is 1. The summed E-state index contributed by atoms with van der Waals surface area (Å²) in [5, 5.41) is 22.2. The third kappa shape index (κ3) is 5.91. The molecule has 1 aromatic carbocycles. The van der Waals surface area contributed by atoms with Gasteiger partial charge in [-0.1, -0.05) is 12.1 Å². The molecule has 1 aliphatic rings. The highest BCUT2D eigenvalue weighted by Crippen LogP contribution is 2.47. The average Bonchev–Trinajstić information content (AvgIpc) is 2.56. The normalized spacial score (nSPS) is 26.4. The van der Waals surface area contributed by atoms with Crippen molar-refractivity contribution in [1.82, 2.24) is 0 Å². The Morgan fingerprint density at radius 2 is 1.50 bits per heavy atom. The minimum Gasteiger partial charge on any atom is -0.460 e. The molecule has 1 aliphatic carbocycles. The molecule has 0 aromatic heterocycles. The van der Waals surface area contributed by atoms with Crippen LogP contribution < -0.4 is 0 Å². The van der Waals surface area contributed by atoms with Crippen molar-refractivity contribution in [2.45, 2.75) is 77.6 Å². The van der Waals surface area contributed by atoms with Crippen LogP contribution in [0.1, 0.15) is 66.4 Å². The number of non-ortho nitro benzene ring substituents is 1. The third-order valence-electron chi connectivity index (χ3n) is 5.08. The van der Waals surface area contributed by atoms with Crippen molar-refractivity contribution in [3.8, 4) is 0 Å². The Morgan fingerprint density at radius 3 is 1.94 bits per heavy atom. The van der Waals surface area contributed by atoms with Crippen LogP contribution in [0.4, 0.5) is 5.69 Å². The molecule has 0 spiro atoms. The minimum absolute atomic E-state index is 0.190. The summed E-state index contributed by atoms with van der Waals surface area (Å²) >= 11 is 0. The minimum atomic E-state index is -1.80. The van der Waals surface area contributed by atoms with Crippen LogP contribution in [0.5, 0.6) is 0 Å². The summed E-state index contributed by atoms with van der Waals surface area (Å²) in [6, 6.07) is 5.21. The number of nitrogens with zero attached hydrogens (tertiary/aromatic N) is 1. The molecule has 2 rings (SSSR count). The van der Waals surface area contributed by atoms with Gasteiger partial charge in [-0.05, 0) is 54.0 Å². The second kappa shape index (κ2) is 8.61. The molecule has 0 bridgehead atoms. The van der Waals surface area contributed by atoms with E-state index in [9.17, 15) is 29.6 Å². The average molecular weight is 450 g/mol. The Bertz CT molecular complexity index is 905. The fourth-order valence-corrected chi connectivity index (χ4v) is 3.96. The molecule has 1 N–H and O–H groups in total. The maximum Gasteiger partial charge on any atom is 0.317 e. The number of Topliss-reactive ketones (excluding diaryl/α,β-unsaturated/α-hetero) is 1. The van der Waals surface area contributed by atoms with Crippen molar-refractivity contribution >= 4 is 23.4 Å². The predicted molar refractivity (Wildman–Crippen MR) is 115 cm³/mol. The summed E-state index contributed by atoms with van der Waals surface area (Å²) in [5.41, 5.74) is -3.44. The molecule has 1 fully saturated rings. The van der Waals surface area contributed by atoms with E-state index in [0.717, 1.165) is 0 Å². The van der Waals surface area contributed by atoms with E-state index in [2.05, 4.69) is 0 Å². The van der Waals surface area contributed by atoms with Crippen LogP contribution in [0.25, 0.3) is 0 Å². The van der Waals surface area contributed by atoms with Crippen molar-refractivity contribution in [2.75, 3.05) is 0 Å². The summed E-state index contributed by atoms with van der Waals surface area (Å²) < 4.78 is 11.0. The second-order valence-corrected chi connectivity index (χ2v) is 10.4. The van der Waals surface area contributed by atoms with Crippen molar-refractivity contribution < 1.29 is 33.9 Å². The van der Waals surface area contributed by atoms with Gasteiger partial charge < -0.3 is 14.6 Å². The number of esters is 2. The lowest BCUT2D eigenvalue weighted by Crippen LogP contribution is -2.56. The van der Waals surface area contributed by atoms with Gasteiger partial charge in [0.05, 0.1) is 16.4 Å². The molecular weight excluding hydrogens is 418 g/mol. The highest BCUT2D eigenvalue weighted by atomic mass is 16.6. The van der Waals surface area contributed by atoms with Gasteiger partial charge in [0.2, 0.25) is 0 Å². The zero-order chi connectivity index (χ0) is 24.6. The van der Waals surface area contributed by atoms with Crippen LogP contribution in [0.15, 0.2) is 24.3 Å². The number of hydrogen-bond donors (Lipinski definition) is 1. The highest BCUT2D eigenvalue weighted by Gasteiger charge is 2.57. The van der Waals surface area contributed by atoms with Crippen molar-refractivity contribution in [3.05, 3.63) is 39.9 Å². The fourth-order valence-electron chi connectivity index (χ4n) is 3.96. The maximum atomic E-state index is 13.2. The van der Waals surface area contributed by atoms with Gasteiger partial charge >= 0.3 is 11.9 Å². The molecule has 1 saturated carbocycles. The standard InChI is InChI=1S/C23H31NO8/c1-21(2,3)31-19(26)17-15(25)12-23(7,28)18(20(27)32-22(4,5)6)16(17)13-8-10-14(11-9-13)24(29)30/h8-11,16-18,28H,12H2,1-7H3/t16-,17+,18-,23+/m1/s1. The molecule has 0 aliphatic heterocycles. The summed E-state index contributed by atoms with van der Waals surface area (Å²) in [6.07, 6.45) is -0.440. The maximum absolute atomic E-state index is 13.2. The van der Waals surface area contributed by atoms with Gasteiger partial charge in [0, 0.05) is 24.5 Å². The number of rotatable bonds is 4. The second-order valence-electron chi connectivity index (χ2n) is 10.4. The molecule has 1 aromatic rings. The quantitative estimate of drug-likeness (QED) is 0.320. The lowest BCUT2D eigenvalue weighted by molar-refractivity contribution is -0.384. The van der Waals surface area contributed by atoms with E-state index < -0.39 is 63.6 Å². The van der Waals surface area contributed by atoms with E-state index in [1.165, 1.54) is 31.2 Å². The number of carbonyl (C=O) groups is 3. The number of ketones is 1. The lowest BCUT2D eigenvalue weighted by atomic mass is 9.61. The Morgan fingerprint density at radius 1 is 1.03 bits per heavy atom. The number of ether oxygens (including phenoxy) is 2. The van der Waals surface area contributed by atoms with Gasteiger partial charge in [-0.15, -0.1) is 0 Å². The SMILES string of the molecule is CC(C)(C)OC(=O)[C@H]1C(=O)C[C@](C)(O)[C@@H](C(=O)OC(C)(C)C)[C@@H]1c1ccc([N+](=O)[O-])cc1. The van der Waals surface area contributed by atoms with E-state index in [0.29, 0.717) is 5.56 Å². The van der Waals surface area contributed by atoms with Crippen LogP contribution in [-0.2, 0) is 23.9 Å². The van der Waals surface area contributed by atoms with Gasteiger partial charge in [-0.2, -0.15) is 0 Å². The zero-order valence-electron chi connectivity index (χ0n) is 19.5. The van der Waals surface area contributed by atoms with Crippen molar-refractivity contribution in [1.29, 1.82) is 0 Å². The van der Waals surface area contributed by atoms with Crippen molar-refractivity contribution in [3.63, 3.8) is 0 Å². The number of benzene rings is 1. The summed E-state index contributed by atoms with van der Waals surface area (Å²) in [7, 11) is 0. The molecule has 176 valence electrons.